The number of nitrogens with zero attached hydrogens (tertiary/aromatic N) is 1. The van der Waals surface area contributed by atoms with Crippen LogP contribution in [0.2, 0.25) is 0 Å². The molecule has 0 aromatic heterocycles. The van der Waals surface area contributed by atoms with Crippen molar-refractivity contribution >= 4 is 17.5 Å². The highest BCUT2D eigenvalue weighted by Gasteiger charge is 2.13. The summed E-state index contributed by atoms with van der Waals surface area (Å²) in [6, 6.07) is 15.2. The normalized spacial score (nSPS) is 10.2. The molecule has 2 rings (SSSR count). The van der Waals surface area contributed by atoms with Gasteiger partial charge in [0.25, 0.3) is 11.8 Å². The minimum absolute atomic E-state index is 0.0577. The Kier molecular flexibility index (Phi) is 5.52. The number of nitrogens with one attached hydrogen (secondary N) is 1. The van der Waals surface area contributed by atoms with Crippen molar-refractivity contribution in [1.82, 2.24) is 4.90 Å². The second kappa shape index (κ2) is 7.58. The highest BCUT2D eigenvalue weighted by molar-refractivity contribution is 6.05. The van der Waals surface area contributed by atoms with E-state index < -0.39 is 0 Å². The fourth-order valence-electron chi connectivity index (χ4n) is 2.27. The number of benzene rings is 2. The van der Waals surface area contributed by atoms with E-state index in [1.165, 1.54) is 0 Å². The fourth-order valence-corrected chi connectivity index (χ4v) is 2.27. The Hall–Kier alpha value is -2.62. The van der Waals surface area contributed by atoms with Gasteiger partial charge >= 0.3 is 0 Å². The predicted molar refractivity (Wildman–Crippen MR) is 91.7 cm³/mol. The molecule has 0 saturated heterocycles. The maximum absolute atomic E-state index is 12.3. The minimum Gasteiger partial charge on any atom is -0.339 e. The summed E-state index contributed by atoms with van der Waals surface area (Å²) >= 11 is 0. The summed E-state index contributed by atoms with van der Waals surface area (Å²) in [7, 11) is 0. The number of carbonyl (C=O) groups excluding carboxylic acids is 2. The molecule has 1 radical (unpaired) electrons. The zero-order valence-electron chi connectivity index (χ0n) is 13.7. The number of aryl methyl sites for hydroxylation is 1. The second-order valence-corrected chi connectivity index (χ2v) is 5.31. The molecule has 119 valence electrons. The lowest BCUT2D eigenvalue weighted by atomic mass is 10.1. The van der Waals surface area contributed by atoms with E-state index >= 15 is 0 Å². The van der Waals surface area contributed by atoms with Gasteiger partial charge < -0.3 is 10.2 Å². The molecule has 1 N–H and O–H groups in total. The maximum atomic E-state index is 12.3. The Balaban J connectivity index is 2.15. The van der Waals surface area contributed by atoms with Crippen molar-refractivity contribution in [3.63, 3.8) is 0 Å². The minimum atomic E-state index is -0.203. The molecule has 0 fully saturated rings. The van der Waals surface area contributed by atoms with Gasteiger partial charge in [-0.25, -0.2) is 0 Å². The van der Waals surface area contributed by atoms with Crippen LogP contribution < -0.4 is 5.32 Å². The smallest absolute Gasteiger partial charge is 0.255 e. The number of anilines is 1. The van der Waals surface area contributed by atoms with Crippen LogP contribution in [0.3, 0.4) is 0 Å². The van der Waals surface area contributed by atoms with Crippen LogP contribution >= 0.6 is 0 Å². The van der Waals surface area contributed by atoms with E-state index in [1.807, 2.05) is 32.9 Å². The molecule has 0 bridgehead atoms. The lowest BCUT2D eigenvalue weighted by Crippen LogP contribution is -2.30. The number of hydrogen-bond acceptors (Lipinski definition) is 2. The third-order valence-corrected chi connectivity index (χ3v) is 3.66. The summed E-state index contributed by atoms with van der Waals surface area (Å²) < 4.78 is 0. The Morgan fingerprint density at radius 1 is 1.04 bits per heavy atom. The molecule has 4 heteroatoms. The summed E-state index contributed by atoms with van der Waals surface area (Å²) in [6.07, 6.45) is 0. The molecule has 4 nitrogen and oxygen atoms in total. The van der Waals surface area contributed by atoms with E-state index in [-0.39, 0.29) is 11.8 Å². The Labute approximate surface area is 137 Å². The second-order valence-electron chi connectivity index (χ2n) is 5.31. The van der Waals surface area contributed by atoms with Crippen LogP contribution in [0.15, 0.2) is 42.5 Å². The molecule has 23 heavy (non-hydrogen) atoms. The van der Waals surface area contributed by atoms with Crippen LogP contribution in [-0.2, 0) is 0 Å². The van der Waals surface area contributed by atoms with Crippen LogP contribution in [0.25, 0.3) is 0 Å². The first kappa shape index (κ1) is 16.7. The van der Waals surface area contributed by atoms with Gasteiger partial charge in [-0.15, -0.1) is 0 Å². The number of carbonyl (C=O) groups is 2. The molecule has 2 aromatic rings. The molecular weight excluding hydrogens is 288 g/mol. The first-order valence-corrected chi connectivity index (χ1v) is 7.73. The number of hydrogen-bond donors (Lipinski definition) is 1. The van der Waals surface area contributed by atoms with Crippen molar-refractivity contribution in [2.24, 2.45) is 0 Å². The topological polar surface area (TPSA) is 49.4 Å². The first-order valence-electron chi connectivity index (χ1n) is 7.73. The van der Waals surface area contributed by atoms with E-state index in [0.29, 0.717) is 29.9 Å². The largest absolute Gasteiger partial charge is 0.339 e. The van der Waals surface area contributed by atoms with Crippen molar-refractivity contribution in [2.45, 2.75) is 20.8 Å². The number of amides is 2. The molecule has 0 spiro atoms. The zero-order valence-corrected chi connectivity index (χ0v) is 13.7. The average molecular weight is 309 g/mol. The molecule has 2 amide bonds. The third kappa shape index (κ3) is 4.19. The van der Waals surface area contributed by atoms with Crippen LogP contribution in [0.1, 0.15) is 40.1 Å². The molecule has 0 saturated carbocycles. The van der Waals surface area contributed by atoms with E-state index in [9.17, 15) is 9.59 Å². The molecule has 0 atom stereocenters. The van der Waals surface area contributed by atoms with Gasteiger partial charge in [-0.3, -0.25) is 9.59 Å². The number of rotatable bonds is 5. The molecular formula is C19H21N2O2. The molecule has 0 aliphatic carbocycles. The fraction of sp³-hybridized carbons (Fsp3) is 0.263. The van der Waals surface area contributed by atoms with E-state index in [2.05, 4.69) is 11.4 Å². The molecule has 0 unspecified atom stereocenters. The van der Waals surface area contributed by atoms with E-state index in [4.69, 9.17) is 0 Å². The lowest BCUT2D eigenvalue weighted by Gasteiger charge is -2.18. The molecule has 2 aromatic carbocycles. The quantitative estimate of drug-likeness (QED) is 0.918. The summed E-state index contributed by atoms with van der Waals surface area (Å²) in [5.74, 6) is -0.261. The SMILES string of the molecule is CCN(CC)C(=O)c1c[c]cc(NC(=O)c2ccc(C)cc2)c1. The van der Waals surface area contributed by atoms with Gasteiger partial charge in [0.1, 0.15) is 0 Å². The highest BCUT2D eigenvalue weighted by atomic mass is 16.2. The van der Waals surface area contributed by atoms with Crippen molar-refractivity contribution in [1.29, 1.82) is 0 Å². The summed E-state index contributed by atoms with van der Waals surface area (Å²) in [6.45, 7) is 7.14. The summed E-state index contributed by atoms with van der Waals surface area (Å²) in [4.78, 5) is 26.3. The Bertz CT molecular complexity index is 689. The van der Waals surface area contributed by atoms with Gasteiger partial charge in [-0.2, -0.15) is 0 Å². The molecule has 0 aliphatic rings. The lowest BCUT2D eigenvalue weighted by molar-refractivity contribution is 0.0772. The zero-order chi connectivity index (χ0) is 16.8. The molecule has 0 heterocycles. The standard InChI is InChI=1S/C19H21N2O2/c1-4-21(5-2)19(23)16-7-6-8-17(13-16)20-18(22)15-11-9-14(3)10-12-15/h7-13H,4-5H2,1-3H3,(H,20,22). The highest BCUT2D eigenvalue weighted by Crippen LogP contribution is 2.14. The van der Waals surface area contributed by atoms with Crippen LogP contribution in [0, 0.1) is 13.0 Å². The van der Waals surface area contributed by atoms with Crippen molar-refractivity contribution in [3.05, 3.63) is 65.2 Å². The van der Waals surface area contributed by atoms with Gasteiger partial charge in [-0.05, 0) is 57.2 Å². The van der Waals surface area contributed by atoms with Crippen molar-refractivity contribution in [3.8, 4) is 0 Å². The first-order chi connectivity index (χ1) is 11.0. The van der Waals surface area contributed by atoms with Gasteiger partial charge in [0.2, 0.25) is 0 Å². The van der Waals surface area contributed by atoms with Crippen molar-refractivity contribution in [2.75, 3.05) is 18.4 Å². The van der Waals surface area contributed by atoms with Crippen LogP contribution in [0.5, 0.6) is 0 Å². The predicted octanol–water partition coefficient (Wildman–Crippen LogP) is 3.53. The van der Waals surface area contributed by atoms with Crippen molar-refractivity contribution < 1.29 is 9.59 Å². The van der Waals surface area contributed by atoms with E-state index in [1.54, 1.807) is 35.2 Å². The Morgan fingerprint density at radius 2 is 1.70 bits per heavy atom. The summed E-state index contributed by atoms with van der Waals surface area (Å²) in [5, 5.41) is 2.81. The van der Waals surface area contributed by atoms with Crippen LogP contribution in [-0.4, -0.2) is 29.8 Å². The summed E-state index contributed by atoms with van der Waals surface area (Å²) in [5.41, 5.74) is 2.77. The average Bonchev–Trinajstić information content (AvgIpc) is 2.56. The molecule has 0 aliphatic heterocycles. The maximum Gasteiger partial charge on any atom is 0.255 e. The Morgan fingerprint density at radius 3 is 2.30 bits per heavy atom. The van der Waals surface area contributed by atoms with Gasteiger partial charge in [0.05, 0.1) is 0 Å². The third-order valence-electron chi connectivity index (χ3n) is 3.66. The monoisotopic (exact) mass is 309 g/mol. The van der Waals surface area contributed by atoms with Gasteiger partial charge in [-0.1, -0.05) is 17.7 Å². The van der Waals surface area contributed by atoms with E-state index in [0.717, 1.165) is 5.56 Å². The van der Waals surface area contributed by atoms with Gasteiger partial charge in [0.15, 0.2) is 0 Å². The van der Waals surface area contributed by atoms with Gasteiger partial charge in [0, 0.05) is 29.9 Å². The van der Waals surface area contributed by atoms with Crippen LogP contribution in [0.4, 0.5) is 5.69 Å².